The summed E-state index contributed by atoms with van der Waals surface area (Å²) in [6.45, 7) is 5.67. The molecule has 1 amide bonds. The maximum atomic E-state index is 12.1. The van der Waals surface area contributed by atoms with Crippen LogP contribution < -0.4 is 10.7 Å². The van der Waals surface area contributed by atoms with Crippen LogP contribution in [-0.2, 0) is 4.74 Å². The van der Waals surface area contributed by atoms with Gasteiger partial charge in [0, 0.05) is 31.6 Å². The van der Waals surface area contributed by atoms with Crippen LogP contribution in [0.25, 0.3) is 0 Å². The van der Waals surface area contributed by atoms with E-state index < -0.39 is 22.9 Å². The fraction of sp³-hybridized carbons (Fsp3) is 0.500. The zero-order valence-electron chi connectivity index (χ0n) is 12.5. The first-order valence-corrected chi connectivity index (χ1v) is 6.56. The van der Waals surface area contributed by atoms with Crippen molar-refractivity contribution < 1.29 is 19.4 Å². The number of rotatable bonds is 6. The van der Waals surface area contributed by atoms with Crippen molar-refractivity contribution in [1.29, 1.82) is 0 Å². The molecule has 7 heteroatoms. The second kappa shape index (κ2) is 7.03. The molecule has 0 aromatic carbocycles. The third kappa shape index (κ3) is 4.16. The molecule has 2 N–H and O–H groups in total. The number of carbonyl (C=O) groups is 2. The second-order valence-electron chi connectivity index (χ2n) is 5.09. The molecule has 1 rings (SSSR count). The van der Waals surface area contributed by atoms with Crippen molar-refractivity contribution in [1.82, 2.24) is 9.88 Å². The molecule has 0 saturated heterocycles. The van der Waals surface area contributed by atoms with Crippen LogP contribution in [0.4, 0.5) is 0 Å². The van der Waals surface area contributed by atoms with Crippen molar-refractivity contribution >= 4 is 11.9 Å². The normalized spacial score (nSPS) is 12.2. The minimum absolute atomic E-state index is 0.0772. The van der Waals surface area contributed by atoms with Gasteiger partial charge >= 0.3 is 5.97 Å². The molecule has 1 heterocycles. The Hall–Kier alpha value is -2.15. The highest BCUT2D eigenvalue weighted by Gasteiger charge is 2.20. The largest absolute Gasteiger partial charge is 0.477 e. The Morgan fingerprint density at radius 2 is 1.86 bits per heavy atom. The van der Waals surface area contributed by atoms with Crippen LogP contribution in [0.3, 0.4) is 0 Å². The lowest BCUT2D eigenvalue weighted by atomic mass is 10.1. The van der Waals surface area contributed by atoms with Crippen LogP contribution >= 0.6 is 0 Å². The first-order valence-electron chi connectivity index (χ1n) is 6.56. The monoisotopic (exact) mass is 296 g/mol. The predicted octanol–water partition coefficient (Wildman–Crippen LogP) is 0.892. The number of hydrogen-bond acceptors (Lipinski definition) is 4. The molecular weight excluding hydrogens is 276 g/mol. The average Bonchev–Trinajstić information content (AvgIpc) is 2.38. The maximum Gasteiger partial charge on any atom is 0.341 e. The standard InChI is InChI=1S/C14H20N2O5/c1-8(2)16-5-10(12(17)11(6-16)14(19)20)13(18)15-9(3)7-21-4/h5-6,8-9H,7H2,1-4H3,(H,15,18)(H,19,20)/t9-/m0/s1. The van der Waals surface area contributed by atoms with Crippen molar-refractivity contribution in [3.63, 3.8) is 0 Å². The summed E-state index contributed by atoms with van der Waals surface area (Å²) in [6.07, 6.45) is 2.61. The Morgan fingerprint density at radius 1 is 1.29 bits per heavy atom. The number of ether oxygens (including phenoxy) is 1. The molecule has 0 aliphatic heterocycles. The van der Waals surface area contributed by atoms with Gasteiger partial charge in [-0.25, -0.2) is 4.79 Å². The van der Waals surface area contributed by atoms with Crippen LogP contribution in [0.5, 0.6) is 0 Å². The number of carbonyl (C=O) groups excluding carboxylic acids is 1. The van der Waals surface area contributed by atoms with Crippen molar-refractivity contribution in [2.75, 3.05) is 13.7 Å². The fourth-order valence-corrected chi connectivity index (χ4v) is 1.80. The third-order valence-corrected chi connectivity index (χ3v) is 2.91. The molecule has 0 unspecified atom stereocenters. The fourth-order valence-electron chi connectivity index (χ4n) is 1.80. The van der Waals surface area contributed by atoms with Gasteiger partial charge in [0.25, 0.3) is 5.91 Å². The van der Waals surface area contributed by atoms with Gasteiger partial charge in [-0.3, -0.25) is 9.59 Å². The molecule has 0 bridgehead atoms. The van der Waals surface area contributed by atoms with Crippen molar-refractivity contribution in [2.24, 2.45) is 0 Å². The average molecular weight is 296 g/mol. The summed E-state index contributed by atoms with van der Waals surface area (Å²) >= 11 is 0. The zero-order chi connectivity index (χ0) is 16.2. The Labute approximate surface area is 122 Å². The van der Waals surface area contributed by atoms with Crippen LogP contribution in [0, 0.1) is 0 Å². The SMILES string of the molecule is COC[C@H](C)NC(=O)c1cn(C(C)C)cc(C(=O)O)c1=O. The molecule has 0 aliphatic carbocycles. The minimum atomic E-state index is -1.35. The van der Waals surface area contributed by atoms with Crippen molar-refractivity contribution in [3.8, 4) is 0 Å². The Kier molecular flexibility index (Phi) is 5.66. The van der Waals surface area contributed by atoms with Gasteiger partial charge in [0.2, 0.25) is 5.43 Å². The predicted molar refractivity (Wildman–Crippen MR) is 76.9 cm³/mol. The van der Waals surface area contributed by atoms with Gasteiger partial charge in [-0.15, -0.1) is 0 Å². The Morgan fingerprint density at radius 3 is 2.33 bits per heavy atom. The highest BCUT2D eigenvalue weighted by Crippen LogP contribution is 2.07. The minimum Gasteiger partial charge on any atom is -0.477 e. The van der Waals surface area contributed by atoms with E-state index in [9.17, 15) is 14.4 Å². The quantitative estimate of drug-likeness (QED) is 0.812. The first kappa shape index (κ1) is 16.9. The lowest BCUT2D eigenvalue weighted by Crippen LogP contribution is -2.39. The number of aromatic carboxylic acids is 1. The lowest BCUT2D eigenvalue weighted by molar-refractivity contribution is 0.0694. The van der Waals surface area contributed by atoms with E-state index in [1.807, 2.05) is 13.8 Å². The van der Waals surface area contributed by atoms with Gasteiger partial charge in [0.1, 0.15) is 11.1 Å². The third-order valence-electron chi connectivity index (χ3n) is 2.91. The first-order chi connectivity index (χ1) is 9.77. The molecule has 7 nitrogen and oxygen atoms in total. The van der Waals surface area contributed by atoms with Crippen LogP contribution in [0.2, 0.25) is 0 Å². The Bertz CT molecular complexity index is 592. The van der Waals surface area contributed by atoms with Crippen molar-refractivity contribution in [2.45, 2.75) is 32.9 Å². The number of nitrogens with one attached hydrogen (secondary N) is 1. The second-order valence-corrected chi connectivity index (χ2v) is 5.09. The number of carboxylic acids is 1. The topological polar surface area (TPSA) is 97.6 Å². The highest BCUT2D eigenvalue weighted by atomic mass is 16.5. The summed E-state index contributed by atoms with van der Waals surface area (Å²) in [5.74, 6) is -1.96. The molecule has 0 aliphatic rings. The molecule has 116 valence electrons. The zero-order valence-corrected chi connectivity index (χ0v) is 12.5. The number of nitrogens with zero attached hydrogens (tertiary/aromatic N) is 1. The van der Waals surface area contributed by atoms with Gasteiger partial charge in [-0.2, -0.15) is 0 Å². The summed E-state index contributed by atoms with van der Waals surface area (Å²) in [4.78, 5) is 35.3. The van der Waals surface area contributed by atoms with Crippen LogP contribution in [0.1, 0.15) is 47.5 Å². The van der Waals surface area contributed by atoms with E-state index in [2.05, 4.69) is 5.32 Å². The van der Waals surface area contributed by atoms with Crippen LogP contribution in [-0.4, -0.2) is 41.3 Å². The molecule has 1 aromatic heterocycles. The molecule has 1 aromatic rings. The van der Waals surface area contributed by atoms with E-state index in [1.165, 1.54) is 24.1 Å². The number of amides is 1. The highest BCUT2D eigenvalue weighted by molar-refractivity contribution is 5.97. The molecule has 0 saturated carbocycles. The smallest absolute Gasteiger partial charge is 0.341 e. The molecular formula is C14H20N2O5. The van der Waals surface area contributed by atoms with E-state index in [4.69, 9.17) is 9.84 Å². The number of pyridine rings is 1. The summed E-state index contributed by atoms with van der Waals surface area (Å²) in [5.41, 5.74) is -1.40. The van der Waals surface area contributed by atoms with E-state index in [0.717, 1.165) is 0 Å². The molecule has 0 spiro atoms. The van der Waals surface area contributed by atoms with Gasteiger partial charge < -0.3 is 19.7 Å². The molecule has 1 atom stereocenters. The molecule has 0 radical (unpaired) electrons. The number of methoxy groups -OCH3 is 1. The summed E-state index contributed by atoms with van der Waals surface area (Å²) in [5, 5.41) is 11.7. The van der Waals surface area contributed by atoms with E-state index in [1.54, 1.807) is 6.92 Å². The van der Waals surface area contributed by atoms with E-state index >= 15 is 0 Å². The summed E-state index contributed by atoms with van der Waals surface area (Å²) in [6, 6.07) is -0.366. The lowest BCUT2D eigenvalue weighted by Gasteiger charge is -2.16. The van der Waals surface area contributed by atoms with Crippen LogP contribution in [0.15, 0.2) is 17.2 Å². The maximum absolute atomic E-state index is 12.1. The Balaban J connectivity index is 3.25. The van der Waals surface area contributed by atoms with Gasteiger partial charge in [0.15, 0.2) is 0 Å². The van der Waals surface area contributed by atoms with E-state index in [-0.39, 0.29) is 17.6 Å². The molecule has 0 fully saturated rings. The van der Waals surface area contributed by atoms with Gasteiger partial charge in [0.05, 0.1) is 6.61 Å². The number of carboxylic acid groups (broad SMARTS) is 1. The number of aromatic nitrogens is 1. The van der Waals surface area contributed by atoms with E-state index in [0.29, 0.717) is 6.61 Å². The van der Waals surface area contributed by atoms with Gasteiger partial charge in [-0.1, -0.05) is 0 Å². The molecule has 21 heavy (non-hydrogen) atoms. The van der Waals surface area contributed by atoms with Crippen molar-refractivity contribution in [3.05, 3.63) is 33.7 Å². The summed E-state index contributed by atoms with van der Waals surface area (Å²) in [7, 11) is 1.50. The van der Waals surface area contributed by atoms with Gasteiger partial charge in [-0.05, 0) is 20.8 Å². The number of hydrogen-bond donors (Lipinski definition) is 2. The summed E-state index contributed by atoms with van der Waals surface area (Å²) < 4.78 is 6.43.